The number of aromatic nitrogens is 2. The summed E-state index contributed by atoms with van der Waals surface area (Å²) in [5.74, 6) is 2.23. The molecule has 0 aromatic carbocycles. The number of nitrogens with zero attached hydrogens (tertiary/aromatic N) is 4. The maximum atomic E-state index is 13.7. The topological polar surface area (TPSA) is 93.6 Å². The first-order valence-electron chi connectivity index (χ1n) is 13.0. The van der Waals surface area contributed by atoms with Crippen molar-refractivity contribution in [3.63, 3.8) is 0 Å². The Kier molecular flexibility index (Phi) is 8.31. The van der Waals surface area contributed by atoms with Crippen molar-refractivity contribution in [3.8, 4) is 0 Å². The van der Waals surface area contributed by atoms with E-state index in [0.717, 1.165) is 42.3 Å². The minimum absolute atomic E-state index is 0.0787. The van der Waals surface area contributed by atoms with Crippen molar-refractivity contribution in [3.05, 3.63) is 30.0 Å². The Morgan fingerprint density at radius 3 is 2.57 bits per heavy atom. The van der Waals surface area contributed by atoms with Crippen LogP contribution in [0.1, 0.15) is 48.9 Å². The Bertz CT molecular complexity index is 1100. The molecule has 0 bridgehead atoms. The molecule has 0 radical (unpaired) electrons. The molecule has 1 aliphatic carbocycles. The number of amides is 1. The van der Waals surface area contributed by atoms with Crippen LogP contribution in [0, 0.1) is 5.41 Å². The van der Waals surface area contributed by atoms with Crippen LogP contribution in [0.2, 0.25) is 0 Å². The van der Waals surface area contributed by atoms with E-state index in [2.05, 4.69) is 24.8 Å². The van der Waals surface area contributed by atoms with Crippen LogP contribution in [-0.4, -0.2) is 71.9 Å². The molecule has 8 nitrogen and oxygen atoms in total. The minimum atomic E-state index is -0.758. The highest BCUT2D eigenvalue weighted by Crippen LogP contribution is 2.54. The lowest BCUT2D eigenvalue weighted by Gasteiger charge is -2.35. The molecule has 200 valence electrons. The van der Waals surface area contributed by atoms with Gasteiger partial charge in [0, 0.05) is 49.1 Å². The van der Waals surface area contributed by atoms with Gasteiger partial charge in [0.15, 0.2) is 0 Å². The average molecular weight is 547 g/mol. The number of rotatable bonds is 9. The smallest absolute Gasteiger partial charge is 0.260 e. The highest BCUT2D eigenvalue weighted by molar-refractivity contribution is 8.00. The van der Waals surface area contributed by atoms with E-state index in [4.69, 9.17) is 10.1 Å². The molecule has 0 atom stereocenters. The van der Waals surface area contributed by atoms with E-state index in [9.17, 15) is 9.18 Å². The van der Waals surface area contributed by atoms with E-state index in [1.54, 1.807) is 18.0 Å². The van der Waals surface area contributed by atoms with E-state index in [-0.39, 0.29) is 12.5 Å². The average Bonchev–Trinajstić information content (AvgIpc) is 3.68. The molecule has 1 spiro atoms. The fraction of sp³-hybridized carbons (Fsp3) is 0.577. The van der Waals surface area contributed by atoms with Crippen molar-refractivity contribution >= 4 is 52.8 Å². The van der Waals surface area contributed by atoms with Gasteiger partial charge in [0.1, 0.15) is 23.6 Å². The molecule has 2 aromatic rings. The van der Waals surface area contributed by atoms with Gasteiger partial charge in [-0.2, -0.15) is 0 Å². The van der Waals surface area contributed by atoms with Gasteiger partial charge < -0.3 is 24.9 Å². The summed E-state index contributed by atoms with van der Waals surface area (Å²) >= 11 is 2.98. The van der Waals surface area contributed by atoms with E-state index in [0.29, 0.717) is 54.3 Å². The van der Waals surface area contributed by atoms with Crippen LogP contribution in [0.25, 0.3) is 0 Å². The molecule has 5 rings (SSSR count). The Morgan fingerprint density at radius 1 is 1.14 bits per heavy atom. The zero-order valence-electron chi connectivity index (χ0n) is 21.2. The number of nitrogens with one attached hydrogen (secondary N) is 2. The van der Waals surface area contributed by atoms with Gasteiger partial charge >= 0.3 is 0 Å². The van der Waals surface area contributed by atoms with E-state index >= 15 is 0 Å². The number of thioether (sulfide) groups is 1. The Morgan fingerprint density at radius 2 is 1.89 bits per heavy atom. The van der Waals surface area contributed by atoms with Crippen molar-refractivity contribution in [1.29, 1.82) is 0 Å². The van der Waals surface area contributed by atoms with Crippen molar-refractivity contribution in [2.75, 3.05) is 64.6 Å². The molecule has 3 aliphatic rings. The minimum Gasteiger partial charge on any atom is -0.395 e. The zero-order chi connectivity index (χ0) is 25.8. The van der Waals surface area contributed by atoms with Gasteiger partial charge in [-0.3, -0.25) is 4.79 Å². The summed E-state index contributed by atoms with van der Waals surface area (Å²) in [6.07, 6.45) is 8.78. The van der Waals surface area contributed by atoms with Crippen LogP contribution in [0.3, 0.4) is 0 Å². The first-order valence-corrected chi connectivity index (χ1v) is 15.2. The van der Waals surface area contributed by atoms with Gasteiger partial charge in [0.05, 0.1) is 17.9 Å². The van der Waals surface area contributed by atoms with Crippen molar-refractivity contribution < 1.29 is 14.3 Å². The maximum Gasteiger partial charge on any atom is 0.260 e. The molecular formula is C26H35FN6O2S2. The number of aliphatic hydroxyl groups is 1. The van der Waals surface area contributed by atoms with Gasteiger partial charge in [-0.05, 0) is 74.3 Å². The first-order chi connectivity index (χ1) is 18.0. The van der Waals surface area contributed by atoms with E-state index < -0.39 is 6.17 Å². The lowest BCUT2D eigenvalue weighted by molar-refractivity contribution is 0.102. The molecule has 11 heteroatoms. The van der Waals surface area contributed by atoms with E-state index in [1.165, 1.54) is 24.8 Å². The summed E-state index contributed by atoms with van der Waals surface area (Å²) in [5, 5.41) is 12.1. The quantitative estimate of drug-likeness (QED) is 0.232. The van der Waals surface area contributed by atoms with Crippen molar-refractivity contribution in [1.82, 2.24) is 9.97 Å². The highest BCUT2D eigenvalue weighted by atomic mass is 32.2. The SMILES string of the molecule is CSc1ccc(NC(=O)c2cnc(NSCCO)cc2N2CCC3(CC2)CC3)nc1N1CCC(F)CC1. The lowest BCUT2D eigenvalue weighted by Crippen LogP contribution is -2.36. The largest absolute Gasteiger partial charge is 0.395 e. The number of halogens is 1. The fourth-order valence-electron chi connectivity index (χ4n) is 5.14. The fourth-order valence-corrected chi connectivity index (χ4v) is 6.16. The summed E-state index contributed by atoms with van der Waals surface area (Å²) < 4.78 is 16.9. The Labute approximate surface area is 226 Å². The molecule has 0 unspecified atom stereocenters. The zero-order valence-corrected chi connectivity index (χ0v) is 22.8. The number of alkyl halides is 1. The van der Waals surface area contributed by atoms with Crippen LogP contribution in [-0.2, 0) is 0 Å². The molecule has 4 heterocycles. The van der Waals surface area contributed by atoms with Gasteiger partial charge in [-0.25, -0.2) is 14.4 Å². The van der Waals surface area contributed by atoms with Gasteiger partial charge in [0.2, 0.25) is 0 Å². The highest BCUT2D eigenvalue weighted by Gasteiger charge is 2.44. The Hall–Kier alpha value is -2.24. The monoisotopic (exact) mass is 546 g/mol. The molecule has 2 saturated heterocycles. The van der Waals surface area contributed by atoms with Crippen LogP contribution >= 0.6 is 23.7 Å². The summed E-state index contributed by atoms with van der Waals surface area (Å²) in [6.45, 7) is 3.15. The predicted octanol–water partition coefficient (Wildman–Crippen LogP) is 4.82. The second-order valence-corrected chi connectivity index (χ2v) is 11.8. The Balaban J connectivity index is 1.36. The molecule has 1 saturated carbocycles. The van der Waals surface area contributed by atoms with Crippen LogP contribution in [0.5, 0.6) is 0 Å². The third kappa shape index (κ3) is 6.26. The number of pyridine rings is 2. The molecular weight excluding hydrogens is 511 g/mol. The lowest BCUT2D eigenvalue weighted by atomic mass is 9.93. The molecule has 3 N–H and O–H groups in total. The first kappa shape index (κ1) is 26.4. The molecule has 37 heavy (non-hydrogen) atoms. The summed E-state index contributed by atoms with van der Waals surface area (Å²) in [4.78, 5) is 28.2. The summed E-state index contributed by atoms with van der Waals surface area (Å²) in [7, 11) is 0. The van der Waals surface area contributed by atoms with Gasteiger partial charge in [-0.1, -0.05) is 0 Å². The number of hydrogen-bond acceptors (Lipinski definition) is 9. The second-order valence-electron chi connectivity index (χ2n) is 10.1. The normalized spacial score (nSPS) is 19.2. The predicted molar refractivity (Wildman–Crippen MR) is 151 cm³/mol. The van der Waals surface area contributed by atoms with Crippen molar-refractivity contribution in [2.24, 2.45) is 5.41 Å². The maximum absolute atomic E-state index is 13.7. The number of piperidine rings is 2. The van der Waals surface area contributed by atoms with E-state index in [1.807, 2.05) is 24.5 Å². The standard InChI is InChI=1S/C26H35FN6O2S2/c1-36-21-2-3-22(29-24(21)33-10-4-18(27)5-11-33)30-25(35)19-17-28-23(31-37-15-14-34)16-20(19)32-12-8-26(6-7-26)9-13-32/h2-3,16-18,34H,4-15H2,1H3,(H,28,31)(H,29,30,35). The molecule has 2 aliphatic heterocycles. The number of hydrogen-bond donors (Lipinski definition) is 3. The van der Waals surface area contributed by atoms with Crippen LogP contribution in [0.15, 0.2) is 29.3 Å². The molecule has 1 amide bonds. The number of anilines is 4. The van der Waals surface area contributed by atoms with Gasteiger partial charge in [0.25, 0.3) is 5.91 Å². The third-order valence-electron chi connectivity index (χ3n) is 7.64. The number of aliphatic hydroxyl groups excluding tert-OH is 1. The second kappa shape index (κ2) is 11.7. The van der Waals surface area contributed by atoms with Crippen LogP contribution < -0.4 is 19.8 Å². The summed E-state index contributed by atoms with van der Waals surface area (Å²) in [5.41, 5.74) is 1.90. The number of carbonyl (C=O) groups is 1. The third-order valence-corrected chi connectivity index (χ3v) is 9.14. The van der Waals surface area contributed by atoms with Crippen molar-refractivity contribution in [2.45, 2.75) is 49.6 Å². The molecule has 2 aromatic heterocycles. The van der Waals surface area contributed by atoms with Gasteiger partial charge in [-0.15, -0.1) is 11.8 Å². The molecule has 3 fully saturated rings. The van der Waals surface area contributed by atoms with Crippen LogP contribution in [0.4, 0.5) is 27.5 Å². The summed E-state index contributed by atoms with van der Waals surface area (Å²) in [6, 6.07) is 5.72. The number of carbonyl (C=O) groups excluding carboxylic acids is 1.